The summed E-state index contributed by atoms with van der Waals surface area (Å²) in [5.41, 5.74) is 1.04. The summed E-state index contributed by atoms with van der Waals surface area (Å²) < 4.78 is 26.5. The Morgan fingerprint density at radius 1 is 1.11 bits per heavy atom. The molecule has 1 saturated carbocycles. The highest BCUT2D eigenvalue weighted by molar-refractivity contribution is 5.78. The number of hydrogen-bond acceptors (Lipinski definition) is 2. The standard InChI is InChI=1S/C22H32F2N2O/c1-22(2,3)17-6-4-16(5-7-17)21(27)25-13-15-10-11-26(14-15)18-8-9-19(23)20(24)12-18/h8-9,12,15-17H,4-7,10-11,13-14H2,1-3H3,(H,25,27). The van der Waals surface area contributed by atoms with Gasteiger partial charge in [0.15, 0.2) is 11.6 Å². The van der Waals surface area contributed by atoms with Crippen molar-refractivity contribution in [2.75, 3.05) is 24.5 Å². The summed E-state index contributed by atoms with van der Waals surface area (Å²) in [5, 5.41) is 3.14. The number of carbonyl (C=O) groups is 1. The summed E-state index contributed by atoms with van der Waals surface area (Å²) >= 11 is 0. The molecule has 0 spiro atoms. The molecule has 2 aliphatic rings. The SMILES string of the molecule is CC(C)(C)C1CCC(C(=O)NCC2CCN(c3ccc(F)c(F)c3)C2)CC1. The van der Waals surface area contributed by atoms with Gasteiger partial charge in [0.1, 0.15) is 0 Å². The minimum absolute atomic E-state index is 0.146. The maximum Gasteiger partial charge on any atom is 0.223 e. The van der Waals surface area contributed by atoms with E-state index >= 15 is 0 Å². The van der Waals surface area contributed by atoms with Crippen LogP contribution in [0.2, 0.25) is 0 Å². The Morgan fingerprint density at radius 3 is 2.44 bits per heavy atom. The van der Waals surface area contributed by atoms with Gasteiger partial charge in [0, 0.05) is 37.3 Å². The topological polar surface area (TPSA) is 32.3 Å². The summed E-state index contributed by atoms with van der Waals surface area (Å²) in [6.45, 7) is 9.10. The molecular formula is C22H32F2N2O. The Hall–Kier alpha value is -1.65. The van der Waals surface area contributed by atoms with Crippen LogP contribution >= 0.6 is 0 Å². The number of hydrogen-bond donors (Lipinski definition) is 1. The third kappa shape index (κ3) is 4.99. The number of nitrogens with one attached hydrogen (secondary N) is 1. The maximum atomic E-state index is 13.4. The van der Waals surface area contributed by atoms with Gasteiger partial charge in [-0.15, -0.1) is 0 Å². The molecule has 1 saturated heterocycles. The first-order chi connectivity index (χ1) is 12.7. The fourth-order valence-corrected chi connectivity index (χ4v) is 4.53. The molecule has 3 nitrogen and oxygen atoms in total. The van der Waals surface area contributed by atoms with E-state index in [1.54, 1.807) is 6.07 Å². The predicted molar refractivity (Wildman–Crippen MR) is 105 cm³/mol. The maximum absolute atomic E-state index is 13.4. The van der Waals surface area contributed by atoms with Gasteiger partial charge in [0.2, 0.25) is 5.91 Å². The van der Waals surface area contributed by atoms with E-state index in [0.29, 0.717) is 29.5 Å². The average Bonchev–Trinajstić information content (AvgIpc) is 3.10. The monoisotopic (exact) mass is 378 g/mol. The minimum atomic E-state index is -0.817. The van der Waals surface area contributed by atoms with Crippen molar-refractivity contribution in [3.63, 3.8) is 0 Å². The Kier molecular flexibility index (Phi) is 6.07. The zero-order valence-electron chi connectivity index (χ0n) is 16.7. The van der Waals surface area contributed by atoms with E-state index in [4.69, 9.17) is 0 Å². The van der Waals surface area contributed by atoms with Gasteiger partial charge in [-0.1, -0.05) is 20.8 Å². The highest BCUT2D eigenvalue weighted by Crippen LogP contribution is 2.39. The lowest BCUT2D eigenvalue weighted by molar-refractivity contribution is -0.126. The quantitative estimate of drug-likeness (QED) is 0.819. The Morgan fingerprint density at radius 2 is 1.81 bits per heavy atom. The van der Waals surface area contributed by atoms with Gasteiger partial charge in [-0.3, -0.25) is 4.79 Å². The third-order valence-electron chi connectivity index (χ3n) is 6.44. The molecule has 0 bridgehead atoms. The van der Waals surface area contributed by atoms with Gasteiger partial charge in [0.05, 0.1) is 0 Å². The van der Waals surface area contributed by atoms with Gasteiger partial charge in [-0.2, -0.15) is 0 Å². The van der Waals surface area contributed by atoms with E-state index in [1.807, 2.05) is 0 Å². The molecule has 1 atom stereocenters. The van der Waals surface area contributed by atoms with Crippen molar-refractivity contribution in [1.29, 1.82) is 0 Å². The molecule has 5 heteroatoms. The first-order valence-electron chi connectivity index (χ1n) is 10.2. The number of benzene rings is 1. The van der Waals surface area contributed by atoms with Crippen LogP contribution in [0, 0.1) is 34.8 Å². The van der Waals surface area contributed by atoms with Gasteiger partial charge in [0.25, 0.3) is 0 Å². The fourth-order valence-electron chi connectivity index (χ4n) is 4.53. The van der Waals surface area contributed by atoms with Crippen molar-refractivity contribution in [2.24, 2.45) is 23.2 Å². The lowest BCUT2D eigenvalue weighted by Crippen LogP contribution is -2.38. The lowest BCUT2D eigenvalue weighted by Gasteiger charge is -2.36. The highest BCUT2D eigenvalue weighted by Gasteiger charge is 2.32. The van der Waals surface area contributed by atoms with Crippen LogP contribution in [-0.2, 0) is 4.79 Å². The summed E-state index contributed by atoms with van der Waals surface area (Å²) in [6.07, 6.45) is 5.19. The molecule has 1 aromatic rings. The van der Waals surface area contributed by atoms with Crippen LogP contribution in [0.3, 0.4) is 0 Å². The zero-order chi connectivity index (χ0) is 19.6. The van der Waals surface area contributed by atoms with E-state index < -0.39 is 11.6 Å². The number of carbonyl (C=O) groups excluding carboxylic acids is 1. The molecular weight excluding hydrogens is 346 g/mol. The van der Waals surface area contributed by atoms with Crippen LogP contribution in [0.25, 0.3) is 0 Å². The zero-order valence-corrected chi connectivity index (χ0v) is 16.7. The molecule has 150 valence electrons. The summed E-state index contributed by atoms with van der Waals surface area (Å²) in [6, 6.07) is 4.05. The second-order valence-corrected chi connectivity index (χ2v) is 9.36. The van der Waals surface area contributed by atoms with Crippen molar-refractivity contribution < 1.29 is 13.6 Å². The summed E-state index contributed by atoms with van der Waals surface area (Å²) in [4.78, 5) is 14.6. The molecule has 1 amide bonds. The van der Waals surface area contributed by atoms with Crippen molar-refractivity contribution in [2.45, 2.75) is 52.9 Å². The molecule has 1 N–H and O–H groups in total. The largest absolute Gasteiger partial charge is 0.371 e. The number of amides is 1. The third-order valence-corrected chi connectivity index (χ3v) is 6.44. The second-order valence-electron chi connectivity index (χ2n) is 9.36. The first-order valence-corrected chi connectivity index (χ1v) is 10.2. The number of halogens is 2. The van der Waals surface area contributed by atoms with Crippen LogP contribution in [0.5, 0.6) is 0 Å². The lowest BCUT2D eigenvalue weighted by atomic mass is 9.69. The number of anilines is 1. The normalized spacial score (nSPS) is 26.3. The van der Waals surface area contributed by atoms with Crippen LogP contribution in [0.4, 0.5) is 14.5 Å². The van der Waals surface area contributed by atoms with E-state index in [2.05, 4.69) is 31.0 Å². The molecule has 0 radical (unpaired) electrons. The van der Waals surface area contributed by atoms with Crippen LogP contribution < -0.4 is 10.2 Å². The minimum Gasteiger partial charge on any atom is -0.371 e. The molecule has 2 fully saturated rings. The first kappa shape index (κ1) is 20.1. The van der Waals surface area contributed by atoms with Crippen LogP contribution in [-0.4, -0.2) is 25.5 Å². The molecule has 27 heavy (non-hydrogen) atoms. The van der Waals surface area contributed by atoms with Crippen molar-refractivity contribution in [3.05, 3.63) is 29.8 Å². The van der Waals surface area contributed by atoms with Crippen molar-refractivity contribution in [1.82, 2.24) is 5.32 Å². The number of nitrogens with zero attached hydrogens (tertiary/aromatic N) is 1. The summed E-state index contributed by atoms with van der Waals surface area (Å²) in [5.74, 6) is -0.229. The molecule has 1 aromatic carbocycles. The Balaban J connectivity index is 1.43. The smallest absolute Gasteiger partial charge is 0.223 e. The van der Waals surface area contributed by atoms with Crippen molar-refractivity contribution in [3.8, 4) is 0 Å². The molecule has 1 unspecified atom stereocenters. The predicted octanol–water partition coefficient (Wildman–Crippen LogP) is 4.76. The Labute approximate surface area is 161 Å². The molecule has 1 aliphatic heterocycles. The van der Waals surface area contributed by atoms with E-state index in [0.717, 1.165) is 45.2 Å². The Bertz CT molecular complexity index is 663. The van der Waals surface area contributed by atoms with Gasteiger partial charge < -0.3 is 10.2 Å². The number of rotatable bonds is 4. The van der Waals surface area contributed by atoms with Crippen molar-refractivity contribution >= 4 is 11.6 Å². The second kappa shape index (κ2) is 8.15. The summed E-state index contributed by atoms with van der Waals surface area (Å²) in [7, 11) is 0. The van der Waals surface area contributed by atoms with E-state index in [9.17, 15) is 13.6 Å². The van der Waals surface area contributed by atoms with E-state index in [1.165, 1.54) is 12.1 Å². The van der Waals surface area contributed by atoms with Gasteiger partial charge in [-0.25, -0.2) is 8.78 Å². The van der Waals surface area contributed by atoms with Crippen LogP contribution in [0.1, 0.15) is 52.9 Å². The van der Waals surface area contributed by atoms with E-state index in [-0.39, 0.29) is 11.8 Å². The van der Waals surface area contributed by atoms with Gasteiger partial charge in [-0.05, 0) is 61.5 Å². The highest BCUT2D eigenvalue weighted by atomic mass is 19.2. The molecule has 1 heterocycles. The van der Waals surface area contributed by atoms with Crippen LogP contribution in [0.15, 0.2) is 18.2 Å². The molecule has 3 rings (SSSR count). The molecule has 0 aromatic heterocycles. The average molecular weight is 379 g/mol. The van der Waals surface area contributed by atoms with Gasteiger partial charge >= 0.3 is 0 Å². The fraction of sp³-hybridized carbons (Fsp3) is 0.682. The molecule has 1 aliphatic carbocycles.